The fourth-order valence-corrected chi connectivity index (χ4v) is 7.25. The lowest BCUT2D eigenvalue weighted by Gasteiger charge is -2.41. The predicted octanol–water partition coefficient (Wildman–Crippen LogP) is 6.99. The zero-order chi connectivity index (χ0) is 48.1. The maximum Gasteiger partial charge on any atom is 0.472 e. The van der Waals surface area contributed by atoms with E-state index in [0.717, 1.165) is 51.4 Å². The standard InChI is InChI=1S/C49H79O15P/c1-3-5-7-8-9-10-11-12-13-14-15-16-17-21-29-35-42(52)61-37-41(38-62-65(59,60)64-49-47(57)45(55)44(54)46(56)48(49)58)63-43(53)36-30-22-19-18-20-26-32-40(51)34-28-24-23-27-33-39(50)31-25-6-4-2/h6,9-10,12-13,19-20,22-28,33-34,39-41,44-51,54-58H,3-5,7-8,11,14-18,21,29-32,35-38H2,1-2H3,(H,59,60)/b10-9-,13-12-,22-19-,24-23-,25-6-,26-20-,33-27+,34-28+/t39-,40+,41+,44?,45-,46+,47+,48+,49?/m0/s1. The molecule has 1 aliphatic rings. The number of allylic oxidation sites excluding steroid dienone is 12. The number of carbonyl (C=O) groups excluding carboxylic acids is 2. The van der Waals surface area contributed by atoms with Gasteiger partial charge in [-0.05, 0) is 70.6 Å². The van der Waals surface area contributed by atoms with Crippen molar-refractivity contribution in [2.45, 2.75) is 184 Å². The highest BCUT2D eigenvalue weighted by molar-refractivity contribution is 7.47. The number of esters is 2. The topological polar surface area (TPSA) is 250 Å². The zero-order valence-corrected chi connectivity index (χ0v) is 39.4. The molecule has 3 unspecified atom stereocenters. The second-order valence-electron chi connectivity index (χ2n) is 15.9. The molecule has 1 rings (SSSR count). The first-order valence-electron chi connectivity index (χ1n) is 23.3. The molecule has 0 saturated heterocycles. The average molecular weight is 939 g/mol. The van der Waals surface area contributed by atoms with Gasteiger partial charge in [-0.1, -0.05) is 143 Å². The van der Waals surface area contributed by atoms with Crippen LogP contribution in [0.15, 0.2) is 97.2 Å². The minimum atomic E-state index is -5.18. The molecule has 0 aromatic rings. The van der Waals surface area contributed by atoms with Crippen LogP contribution >= 0.6 is 7.82 Å². The van der Waals surface area contributed by atoms with Crippen molar-refractivity contribution in [3.63, 3.8) is 0 Å². The molecule has 0 aromatic heterocycles. The minimum Gasteiger partial charge on any atom is -0.462 e. The number of aliphatic hydroxyl groups is 7. The van der Waals surface area contributed by atoms with Gasteiger partial charge in [-0.15, -0.1) is 0 Å². The second kappa shape index (κ2) is 37.7. The summed E-state index contributed by atoms with van der Waals surface area (Å²) in [4.78, 5) is 35.7. The van der Waals surface area contributed by atoms with E-state index in [2.05, 4.69) is 31.2 Å². The van der Waals surface area contributed by atoms with E-state index in [-0.39, 0.29) is 19.3 Å². The highest BCUT2D eigenvalue weighted by Crippen LogP contribution is 2.47. The molecule has 0 amide bonds. The molecule has 8 N–H and O–H groups in total. The molecular weight excluding hydrogens is 859 g/mol. The molecule has 15 nitrogen and oxygen atoms in total. The number of carbonyl (C=O) groups is 2. The largest absolute Gasteiger partial charge is 0.472 e. The summed E-state index contributed by atoms with van der Waals surface area (Å²) < 4.78 is 33.4. The Morgan fingerprint density at radius 1 is 0.569 bits per heavy atom. The number of rotatable bonds is 36. The Balaban J connectivity index is 2.59. The van der Waals surface area contributed by atoms with Crippen LogP contribution in [-0.2, 0) is 32.7 Å². The van der Waals surface area contributed by atoms with Crippen molar-refractivity contribution < 1.29 is 73.3 Å². The molecule has 1 saturated carbocycles. The summed E-state index contributed by atoms with van der Waals surface area (Å²) in [6.07, 6.45) is 29.5. The van der Waals surface area contributed by atoms with Crippen molar-refractivity contribution in [3.8, 4) is 0 Å². The van der Waals surface area contributed by atoms with Crippen LogP contribution in [0.1, 0.15) is 129 Å². The molecule has 0 heterocycles. The number of unbranched alkanes of at least 4 members (excludes halogenated alkanes) is 8. The highest BCUT2D eigenvalue weighted by Gasteiger charge is 2.51. The summed E-state index contributed by atoms with van der Waals surface area (Å²) in [6, 6.07) is 0. The van der Waals surface area contributed by atoms with E-state index in [1.165, 1.54) is 19.3 Å². The highest BCUT2D eigenvalue weighted by atomic mass is 31.2. The first kappa shape index (κ1) is 59.7. The van der Waals surface area contributed by atoms with E-state index in [9.17, 15) is 54.8 Å². The van der Waals surface area contributed by atoms with Crippen molar-refractivity contribution in [1.82, 2.24) is 0 Å². The smallest absolute Gasteiger partial charge is 0.462 e. The monoisotopic (exact) mass is 939 g/mol. The van der Waals surface area contributed by atoms with Crippen LogP contribution in [0.4, 0.5) is 0 Å². The van der Waals surface area contributed by atoms with Gasteiger partial charge in [-0.2, -0.15) is 0 Å². The normalized spacial score (nSPS) is 23.3. The van der Waals surface area contributed by atoms with Crippen molar-refractivity contribution in [2.75, 3.05) is 13.2 Å². The third-order valence-corrected chi connectivity index (χ3v) is 11.1. The summed E-state index contributed by atoms with van der Waals surface area (Å²) in [5, 5.41) is 70.2. The van der Waals surface area contributed by atoms with E-state index in [4.69, 9.17) is 18.5 Å². The first-order valence-corrected chi connectivity index (χ1v) is 24.8. The van der Waals surface area contributed by atoms with Crippen LogP contribution in [0.2, 0.25) is 0 Å². The maximum atomic E-state index is 12.8. The van der Waals surface area contributed by atoms with Gasteiger partial charge >= 0.3 is 19.8 Å². The minimum absolute atomic E-state index is 0.0937. The van der Waals surface area contributed by atoms with Crippen LogP contribution in [0.5, 0.6) is 0 Å². The molecule has 65 heavy (non-hydrogen) atoms. The van der Waals surface area contributed by atoms with Gasteiger partial charge < -0.3 is 50.1 Å². The van der Waals surface area contributed by atoms with Gasteiger partial charge in [0.1, 0.15) is 43.2 Å². The molecular formula is C49H79O15P. The zero-order valence-electron chi connectivity index (χ0n) is 38.5. The van der Waals surface area contributed by atoms with Gasteiger partial charge in [0.15, 0.2) is 6.10 Å². The number of phosphoric ester groups is 1. The summed E-state index contributed by atoms with van der Waals surface area (Å²) in [5.41, 5.74) is 0. The molecule has 0 spiro atoms. The predicted molar refractivity (Wildman–Crippen MR) is 251 cm³/mol. The van der Waals surface area contributed by atoms with E-state index >= 15 is 0 Å². The van der Waals surface area contributed by atoms with Gasteiger partial charge in [-0.25, -0.2) is 4.57 Å². The summed E-state index contributed by atoms with van der Waals surface area (Å²) in [5.74, 6) is -1.29. The molecule has 370 valence electrons. The second-order valence-corrected chi connectivity index (χ2v) is 17.3. The van der Waals surface area contributed by atoms with Gasteiger partial charge in [-0.3, -0.25) is 18.6 Å². The molecule has 1 aliphatic carbocycles. The Kier molecular flexibility index (Phi) is 34.7. The quantitative estimate of drug-likeness (QED) is 0.0104. The van der Waals surface area contributed by atoms with Crippen molar-refractivity contribution in [3.05, 3.63) is 97.2 Å². The van der Waals surface area contributed by atoms with Gasteiger partial charge in [0.2, 0.25) is 0 Å². The van der Waals surface area contributed by atoms with Gasteiger partial charge in [0.25, 0.3) is 0 Å². The van der Waals surface area contributed by atoms with Crippen molar-refractivity contribution in [2.24, 2.45) is 0 Å². The molecule has 0 radical (unpaired) electrons. The third-order valence-electron chi connectivity index (χ3n) is 10.1. The molecule has 10 atom stereocenters. The average Bonchev–Trinajstić information content (AvgIpc) is 3.28. The Hall–Kier alpha value is -3.31. The van der Waals surface area contributed by atoms with Gasteiger partial charge in [0, 0.05) is 12.8 Å². The number of phosphoric acid groups is 1. The lowest BCUT2D eigenvalue weighted by Crippen LogP contribution is -2.64. The van der Waals surface area contributed by atoms with Crippen LogP contribution < -0.4 is 0 Å². The number of aliphatic hydroxyl groups excluding tert-OH is 7. The Morgan fingerprint density at radius 2 is 1.08 bits per heavy atom. The molecule has 1 fully saturated rings. The SMILES string of the molecule is CC/C=C\C[C@H](O)/C=C/C=C\C=C\[C@H](O)C/C=C\C/C=C\CCC(=O)O[C@H](COC(=O)CCCCCCC/C=C\C/C=C\CCCCC)COP(=O)(O)OC1[C@H](O)[C@H](O)C(O)[C@H](O)[C@H]1O. The van der Waals surface area contributed by atoms with Gasteiger partial charge in [0.05, 0.1) is 18.8 Å². The lowest BCUT2D eigenvalue weighted by atomic mass is 9.85. The van der Waals surface area contributed by atoms with Crippen molar-refractivity contribution >= 4 is 19.8 Å². The maximum absolute atomic E-state index is 12.8. The van der Waals surface area contributed by atoms with Crippen LogP contribution in [0, 0.1) is 0 Å². The fraction of sp³-hybridized carbons (Fsp3) is 0.633. The van der Waals surface area contributed by atoms with E-state index in [0.29, 0.717) is 25.7 Å². The number of ether oxygens (including phenoxy) is 2. The summed E-state index contributed by atoms with van der Waals surface area (Å²) in [7, 11) is -5.18. The van der Waals surface area contributed by atoms with Crippen LogP contribution in [0.3, 0.4) is 0 Å². The molecule has 0 aliphatic heterocycles. The molecule has 16 heteroatoms. The molecule has 0 bridgehead atoms. The summed E-state index contributed by atoms with van der Waals surface area (Å²) >= 11 is 0. The Morgan fingerprint density at radius 3 is 1.66 bits per heavy atom. The summed E-state index contributed by atoms with van der Waals surface area (Å²) in [6.45, 7) is 2.91. The van der Waals surface area contributed by atoms with Crippen molar-refractivity contribution in [1.29, 1.82) is 0 Å². The van der Waals surface area contributed by atoms with Crippen LogP contribution in [-0.4, -0.2) is 121 Å². The Bertz CT molecular complexity index is 1540. The van der Waals surface area contributed by atoms with E-state index in [1.807, 2.05) is 37.3 Å². The fourth-order valence-electron chi connectivity index (χ4n) is 6.28. The van der Waals surface area contributed by atoms with E-state index < -0.39 is 87.9 Å². The first-order chi connectivity index (χ1) is 31.2. The van der Waals surface area contributed by atoms with E-state index in [1.54, 1.807) is 42.5 Å². The third kappa shape index (κ3) is 30.6. The number of hydrogen-bond donors (Lipinski definition) is 8. The number of hydrogen-bond acceptors (Lipinski definition) is 14. The molecule has 0 aromatic carbocycles. The van der Waals surface area contributed by atoms with Crippen LogP contribution in [0.25, 0.3) is 0 Å². The Labute approximate surface area is 386 Å². The lowest BCUT2D eigenvalue weighted by molar-refractivity contribution is -0.220.